The summed E-state index contributed by atoms with van der Waals surface area (Å²) in [6.45, 7) is 1.76. The van der Waals surface area contributed by atoms with Crippen molar-refractivity contribution >= 4 is 22.6 Å². The number of aromatic nitrogens is 1. The van der Waals surface area contributed by atoms with Crippen molar-refractivity contribution in [3.63, 3.8) is 0 Å². The van der Waals surface area contributed by atoms with Gasteiger partial charge in [-0.2, -0.15) is 0 Å². The Morgan fingerprint density at radius 1 is 1.23 bits per heavy atom. The van der Waals surface area contributed by atoms with Gasteiger partial charge in [0.25, 0.3) is 0 Å². The number of carbonyl (C=O) groups excluding carboxylic acids is 1. The number of benzene rings is 1. The summed E-state index contributed by atoms with van der Waals surface area (Å²) in [6, 6.07) is 1.90. The van der Waals surface area contributed by atoms with Gasteiger partial charge >= 0.3 is 0 Å². The molecule has 0 radical (unpaired) electrons. The first-order chi connectivity index (χ1) is 10.6. The molecule has 0 saturated heterocycles. The molecule has 5 nitrogen and oxygen atoms in total. The van der Waals surface area contributed by atoms with Gasteiger partial charge in [0.2, 0.25) is 0 Å². The topological polar surface area (TPSA) is 65.4 Å². The predicted molar refractivity (Wildman–Crippen MR) is 82.5 cm³/mol. The van der Waals surface area contributed by atoms with E-state index < -0.39 is 11.4 Å². The second-order valence-corrected chi connectivity index (χ2v) is 6.24. The van der Waals surface area contributed by atoms with Crippen molar-refractivity contribution in [2.75, 3.05) is 18.5 Å². The summed E-state index contributed by atoms with van der Waals surface area (Å²) in [6.07, 6.45) is 5.36. The van der Waals surface area contributed by atoms with Crippen molar-refractivity contribution < 1.29 is 9.90 Å². The molecule has 3 heterocycles. The number of pyridine rings is 1. The summed E-state index contributed by atoms with van der Waals surface area (Å²) in [5.41, 5.74) is 3.87. The highest BCUT2D eigenvalue weighted by molar-refractivity contribution is 5.95. The average Bonchev–Trinajstić information content (AvgIpc) is 2.50. The molecule has 0 unspecified atom stereocenters. The molecule has 0 fully saturated rings. The van der Waals surface area contributed by atoms with E-state index in [0.717, 1.165) is 49.9 Å². The zero-order valence-electron chi connectivity index (χ0n) is 12.5. The van der Waals surface area contributed by atoms with Crippen LogP contribution >= 0.6 is 0 Å². The van der Waals surface area contributed by atoms with Crippen molar-refractivity contribution in [2.45, 2.75) is 32.2 Å². The minimum Gasteiger partial charge on any atom is -0.545 e. The molecule has 0 spiro atoms. The van der Waals surface area contributed by atoms with Crippen LogP contribution in [-0.2, 0) is 19.4 Å². The fraction of sp³-hybridized carbons (Fsp3) is 0.412. The minimum atomic E-state index is -1.39. The Morgan fingerprint density at radius 2 is 2.00 bits per heavy atom. The quantitative estimate of drug-likeness (QED) is 0.777. The number of rotatable bonds is 1. The van der Waals surface area contributed by atoms with Crippen molar-refractivity contribution in [2.24, 2.45) is 0 Å². The molecule has 1 aromatic heterocycles. The Morgan fingerprint density at radius 3 is 2.77 bits per heavy atom. The van der Waals surface area contributed by atoms with Gasteiger partial charge in [-0.1, -0.05) is 0 Å². The van der Waals surface area contributed by atoms with Crippen LogP contribution in [0.1, 0.15) is 34.3 Å². The van der Waals surface area contributed by atoms with E-state index in [1.807, 2.05) is 10.6 Å². The first-order valence-corrected chi connectivity index (χ1v) is 7.72. The molecule has 2 aliphatic rings. The standard InChI is InChI=1S/C17H18N2O3/c1-18-6-2-4-10-8-12-15-11(14(10)18)5-3-7-19(15)9-13(16(12)20)17(21)22/h8-9H,2-7H2,1H3,(H,21,22)/p-1. The molecule has 0 aliphatic carbocycles. The predicted octanol–water partition coefficient (Wildman–Crippen LogP) is 0.694. The summed E-state index contributed by atoms with van der Waals surface area (Å²) in [5.74, 6) is -1.39. The summed E-state index contributed by atoms with van der Waals surface area (Å²) in [4.78, 5) is 26.0. The maximum absolute atomic E-state index is 12.5. The van der Waals surface area contributed by atoms with Crippen LogP contribution in [0.2, 0.25) is 0 Å². The van der Waals surface area contributed by atoms with Crippen LogP contribution in [0.15, 0.2) is 17.1 Å². The number of nitrogens with zero attached hydrogens (tertiary/aromatic N) is 2. The van der Waals surface area contributed by atoms with Crippen LogP contribution in [0.4, 0.5) is 5.69 Å². The average molecular weight is 297 g/mol. The summed E-state index contributed by atoms with van der Waals surface area (Å²) in [5, 5.41) is 11.8. The molecule has 2 aliphatic heterocycles. The highest BCUT2D eigenvalue weighted by Gasteiger charge is 2.25. The highest BCUT2D eigenvalue weighted by Crippen LogP contribution is 2.37. The second-order valence-electron chi connectivity index (χ2n) is 6.24. The van der Waals surface area contributed by atoms with Gasteiger partial charge in [-0.25, -0.2) is 0 Å². The van der Waals surface area contributed by atoms with Crippen LogP contribution in [-0.4, -0.2) is 24.1 Å². The van der Waals surface area contributed by atoms with Gasteiger partial charge in [0, 0.05) is 43.0 Å². The van der Waals surface area contributed by atoms with Gasteiger partial charge in [-0.05, 0) is 37.3 Å². The van der Waals surface area contributed by atoms with Crippen LogP contribution in [0, 0.1) is 0 Å². The molecule has 2 aromatic rings. The molecule has 114 valence electrons. The lowest BCUT2D eigenvalue weighted by atomic mass is 9.90. The van der Waals surface area contributed by atoms with Gasteiger partial charge in [0.1, 0.15) is 0 Å². The monoisotopic (exact) mass is 297 g/mol. The van der Waals surface area contributed by atoms with Crippen molar-refractivity contribution in [1.82, 2.24) is 4.57 Å². The number of carbonyl (C=O) groups is 1. The van der Waals surface area contributed by atoms with Crippen molar-refractivity contribution in [3.05, 3.63) is 39.2 Å². The highest BCUT2D eigenvalue weighted by atomic mass is 16.4. The molecule has 5 heteroatoms. The van der Waals surface area contributed by atoms with Crippen LogP contribution in [0.25, 0.3) is 10.9 Å². The number of hydrogen-bond donors (Lipinski definition) is 0. The molecule has 0 N–H and O–H groups in total. The third kappa shape index (κ3) is 1.71. The lowest BCUT2D eigenvalue weighted by Gasteiger charge is -2.33. The van der Waals surface area contributed by atoms with E-state index in [1.54, 1.807) is 0 Å². The SMILES string of the molecule is CN1CCCc2cc3c(=O)c(C(=O)[O-])cn4c3c(c21)CCC4. The summed E-state index contributed by atoms with van der Waals surface area (Å²) < 4.78 is 1.92. The molecule has 22 heavy (non-hydrogen) atoms. The Hall–Kier alpha value is -2.30. The number of anilines is 1. The number of fused-ring (bicyclic) bond motifs is 2. The number of carboxylic acids is 1. The lowest BCUT2D eigenvalue weighted by molar-refractivity contribution is -0.255. The lowest BCUT2D eigenvalue weighted by Crippen LogP contribution is -2.32. The molecule has 0 saturated carbocycles. The van der Waals surface area contributed by atoms with E-state index in [4.69, 9.17) is 0 Å². The zero-order chi connectivity index (χ0) is 15.4. The van der Waals surface area contributed by atoms with Crippen molar-refractivity contribution in [1.29, 1.82) is 0 Å². The molecule has 0 bridgehead atoms. The van der Waals surface area contributed by atoms with Gasteiger partial charge < -0.3 is 19.4 Å². The van der Waals surface area contributed by atoms with E-state index in [2.05, 4.69) is 11.9 Å². The largest absolute Gasteiger partial charge is 0.545 e. The van der Waals surface area contributed by atoms with E-state index in [0.29, 0.717) is 5.39 Å². The van der Waals surface area contributed by atoms with E-state index >= 15 is 0 Å². The van der Waals surface area contributed by atoms with Crippen molar-refractivity contribution in [3.8, 4) is 0 Å². The number of hydrogen-bond acceptors (Lipinski definition) is 4. The van der Waals surface area contributed by atoms with Gasteiger partial charge in [0.05, 0.1) is 17.0 Å². The number of aromatic carboxylic acids is 1. The normalized spacial score (nSPS) is 16.7. The fourth-order valence-corrected chi connectivity index (χ4v) is 3.97. The molecular weight excluding hydrogens is 280 g/mol. The first kappa shape index (κ1) is 13.4. The summed E-state index contributed by atoms with van der Waals surface area (Å²) >= 11 is 0. The van der Waals surface area contributed by atoms with E-state index in [-0.39, 0.29) is 5.56 Å². The third-order valence-electron chi connectivity index (χ3n) is 4.88. The summed E-state index contributed by atoms with van der Waals surface area (Å²) in [7, 11) is 2.09. The maximum atomic E-state index is 12.5. The maximum Gasteiger partial charge on any atom is 0.198 e. The van der Waals surface area contributed by atoms with Crippen LogP contribution in [0.5, 0.6) is 0 Å². The molecule has 1 aromatic carbocycles. The van der Waals surface area contributed by atoms with Gasteiger partial charge in [0.15, 0.2) is 5.43 Å². The molecule has 4 rings (SSSR count). The number of carboxylic acid groups (broad SMARTS) is 1. The van der Waals surface area contributed by atoms with E-state index in [1.165, 1.54) is 17.4 Å². The Balaban J connectivity index is 2.17. The molecule has 0 amide bonds. The number of aryl methyl sites for hydroxylation is 3. The Bertz CT molecular complexity index is 867. The zero-order valence-corrected chi connectivity index (χ0v) is 12.5. The van der Waals surface area contributed by atoms with Gasteiger partial charge in [-0.15, -0.1) is 0 Å². The molecule has 0 atom stereocenters. The third-order valence-corrected chi connectivity index (χ3v) is 4.88. The smallest absolute Gasteiger partial charge is 0.198 e. The Labute approximate surface area is 127 Å². The van der Waals surface area contributed by atoms with Gasteiger partial charge in [-0.3, -0.25) is 4.79 Å². The van der Waals surface area contributed by atoms with E-state index in [9.17, 15) is 14.7 Å². The van der Waals surface area contributed by atoms with Crippen LogP contribution in [0.3, 0.4) is 0 Å². The van der Waals surface area contributed by atoms with Crippen LogP contribution < -0.4 is 15.4 Å². The second kappa shape index (κ2) is 4.60. The molecular formula is C17H17N2O3-. The fourth-order valence-electron chi connectivity index (χ4n) is 3.97. The first-order valence-electron chi connectivity index (χ1n) is 7.72. The minimum absolute atomic E-state index is 0.232. The Kier molecular flexibility index (Phi) is 2.79.